The first-order valence-corrected chi connectivity index (χ1v) is 7.19. The first kappa shape index (κ1) is 14.3. The summed E-state index contributed by atoms with van der Waals surface area (Å²) in [5.74, 6) is 0.00286. The number of hydrogen-bond donors (Lipinski definition) is 1. The normalized spacial score (nSPS) is 12.7. The van der Waals surface area contributed by atoms with Gasteiger partial charge in [-0.15, -0.1) is 11.8 Å². The molecule has 0 bridgehead atoms. The molecule has 0 fully saturated rings. The number of benzene rings is 1. The van der Waals surface area contributed by atoms with E-state index in [1.54, 1.807) is 0 Å². The first-order chi connectivity index (χ1) is 7.68. The van der Waals surface area contributed by atoms with Crippen molar-refractivity contribution in [3.05, 3.63) is 29.8 Å². The van der Waals surface area contributed by atoms with Gasteiger partial charge in [-0.1, -0.05) is 0 Å². The molecule has 0 aromatic heterocycles. The Bertz CT molecular complexity index is 468. The Morgan fingerprint density at radius 2 is 1.71 bits per heavy atom. The molecule has 0 aliphatic carbocycles. The van der Waals surface area contributed by atoms with Gasteiger partial charge in [0, 0.05) is 10.6 Å². The fraction of sp³-hybridized carbons (Fsp3) is 0.333. The van der Waals surface area contributed by atoms with Crippen molar-refractivity contribution >= 4 is 21.8 Å². The summed E-state index contributed by atoms with van der Waals surface area (Å²) in [6.45, 7) is 0. The Kier molecular flexibility index (Phi) is 4.45. The van der Waals surface area contributed by atoms with Crippen LogP contribution in [-0.4, -0.2) is 19.9 Å². The molecule has 0 spiro atoms. The molecule has 0 aliphatic heterocycles. The highest BCUT2D eigenvalue weighted by Crippen LogP contribution is 2.30. The molecule has 0 heterocycles. The lowest BCUT2D eigenvalue weighted by molar-refractivity contribution is -0.137. The van der Waals surface area contributed by atoms with Crippen LogP contribution in [0.1, 0.15) is 5.56 Å². The summed E-state index contributed by atoms with van der Waals surface area (Å²) < 4.78 is 57.9. The molecule has 1 aromatic rings. The minimum atomic E-state index is -4.36. The Morgan fingerprint density at radius 3 is 2.12 bits per heavy atom. The zero-order valence-electron chi connectivity index (χ0n) is 8.57. The largest absolute Gasteiger partial charge is 0.416 e. The van der Waals surface area contributed by atoms with Gasteiger partial charge in [0.15, 0.2) is 0 Å². The highest BCUT2D eigenvalue weighted by Gasteiger charge is 2.29. The molecule has 2 N–H and O–H groups in total. The molecular formula is C9H10F3NO2S2. The predicted octanol–water partition coefficient (Wildman–Crippen LogP) is 2.09. The molecule has 0 amide bonds. The third-order valence-electron chi connectivity index (χ3n) is 1.82. The second kappa shape index (κ2) is 5.28. The summed E-state index contributed by atoms with van der Waals surface area (Å²) in [5, 5.41) is 4.79. The lowest BCUT2D eigenvalue weighted by Gasteiger charge is -2.07. The van der Waals surface area contributed by atoms with Crippen molar-refractivity contribution in [1.82, 2.24) is 0 Å². The van der Waals surface area contributed by atoms with E-state index in [1.165, 1.54) is 12.1 Å². The van der Waals surface area contributed by atoms with Crippen LogP contribution < -0.4 is 5.14 Å². The molecule has 96 valence electrons. The van der Waals surface area contributed by atoms with Crippen molar-refractivity contribution in [2.24, 2.45) is 5.14 Å². The van der Waals surface area contributed by atoms with Gasteiger partial charge in [0.05, 0.1) is 11.3 Å². The van der Waals surface area contributed by atoms with Crippen LogP contribution in [0.5, 0.6) is 0 Å². The molecule has 0 atom stereocenters. The first-order valence-electron chi connectivity index (χ1n) is 4.49. The Hall–Kier alpha value is -0.730. The average Bonchev–Trinajstić information content (AvgIpc) is 2.15. The fourth-order valence-electron chi connectivity index (χ4n) is 1.02. The minimum Gasteiger partial charge on any atom is -0.229 e. The van der Waals surface area contributed by atoms with E-state index in [4.69, 9.17) is 5.14 Å². The van der Waals surface area contributed by atoms with Gasteiger partial charge in [-0.2, -0.15) is 13.2 Å². The number of primary sulfonamides is 1. The number of nitrogens with two attached hydrogens (primary N) is 1. The Labute approximate surface area is 101 Å². The van der Waals surface area contributed by atoms with Gasteiger partial charge in [0.2, 0.25) is 10.0 Å². The number of hydrogen-bond acceptors (Lipinski definition) is 3. The molecule has 0 saturated heterocycles. The molecule has 8 heteroatoms. The van der Waals surface area contributed by atoms with Gasteiger partial charge in [-0.25, -0.2) is 13.6 Å². The van der Waals surface area contributed by atoms with Gasteiger partial charge >= 0.3 is 6.18 Å². The van der Waals surface area contributed by atoms with Crippen LogP contribution in [0.2, 0.25) is 0 Å². The fourth-order valence-corrected chi connectivity index (χ4v) is 2.84. The SMILES string of the molecule is NS(=O)(=O)CCSc1ccc(C(F)(F)F)cc1. The Balaban J connectivity index is 2.58. The monoisotopic (exact) mass is 285 g/mol. The highest BCUT2D eigenvalue weighted by molar-refractivity contribution is 8.00. The van der Waals surface area contributed by atoms with Crippen molar-refractivity contribution in [2.45, 2.75) is 11.1 Å². The van der Waals surface area contributed by atoms with Gasteiger partial charge in [-0.05, 0) is 24.3 Å². The topological polar surface area (TPSA) is 60.2 Å². The van der Waals surface area contributed by atoms with E-state index in [0.717, 1.165) is 23.9 Å². The third-order valence-corrected chi connectivity index (χ3v) is 3.86. The van der Waals surface area contributed by atoms with E-state index in [9.17, 15) is 21.6 Å². The summed E-state index contributed by atoms with van der Waals surface area (Å²) in [5.41, 5.74) is -0.728. The number of sulfonamides is 1. The van der Waals surface area contributed by atoms with Crippen LogP contribution in [0, 0.1) is 0 Å². The molecule has 0 saturated carbocycles. The van der Waals surface area contributed by atoms with Crippen molar-refractivity contribution in [3.8, 4) is 0 Å². The number of halogens is 3. The van der Waals surface area contributed by atoms with Gasteiger partial charge in [0.1, 0.15) is 0 Å². The van der Waals surface area contributed by atoms with E-state index in [-0.39, 0.29) is 11.5 Å². The van der Waals surface area contributed by atoms with E-state index in [1.807, 2.05) is 0 Å². The van der Waals surface area contributed by atoms with Crippen LogP contribution in [0.3, 0.4) is 0 Å². The lowest BCUT2D eigenvalue weighted by Crippen LogP contribution is -2.17. The average molecular weight is 285 g/mol. The molecule has 3 nitrogen and oxygen atoms in total. The molecule has 0 radical (unpaired) electrons. The summed E-state index contributed by atoms with van der Waals surface area (Å²) in [6.07, 6.45) is -4.36. The molecule has 0 aliphatic rings. The highest BCUT2D eigenvalue weighted by atomic mass is 32.2. The van der Waals surface area contributed by atoms with Crippen LogP contribution in [0.25, 0.3) is 0 Å². The molecular weight excluding hydrogens is 275 g/mol. The number of rotatable bonds is 4. The number of thioether (sulfide) groups is 1. The standard InChI is InChI=1S/C9H10F3NO2S2/c10-9(11,12)7-1-3-8(4-2-7)16-5-6-17(13,14)15/h1-4H,5-6H2,(H2,13,14,15). The second-order valence-corrected chi connectivity index (χ2v) is 6.14. The van der Waals surface area contributed by atoms with Crippen molar-refractivity contribution in [1.29, 1.82) is 0 Å². The van der Waals surface area contributed by atoms with Crippen LogP contribution >= 0.6 is 11.8 Å². The summed E-state index contributed by atoms with van der Waals surface area (Å²) in [6, 6.07) is 4.52. The summed E-state index contributed by atoms with van der Waals surface area (Å²) in [7, 11) is -3.53. The molecule has 1 rings (SSSR count). The van der Waals surface area contributed by atoms with E-state index >= 15 is 0 Å². The van der Waals surface area contributed by atoms with Crippen LogP contribution in [-0.2, 0) is 16.2 Å². The maximum atomic E-state index is 12.2. The van der Waals surface area contributed by atoms with Crippen molar-refractivity contribution < 1.29 is 21.6 Å². The molecule has 0 unspecified atom stereocenters. The quantitative estimate of drug-likeness (QED) is 0.862. The minimum absolute atomic E-state index is 0.210. The lowest BCUT2D eigenvalue weighted by atomic mass is 10.2. The summed E-state index contributed by atoms with van der Waals surface area (Å²) in [4.78, 5) is 0.571. The molecule has 1 aromatic carbocycles. The second-order valence-electron chi connectivity index (χ2n) is 3.24. The van der Waals surface area contributed by atoms with E-state index in [0.29, 0.717) is 4.90 Å². The summed E-state index contributed by atoms with van der Waals surface area (Å²) >= 11 is 1.14. The smallest absolute Gasteiger partial charge is 0.229 e. The zero-order valence-corrected chi connectivity index (χ0v) is 10.2. The van der Waals surface area contributed by atoms with Crippen molar-refractivity contribution in [3.63, 3.8) is 0 Å². The van der Waals surface area contributed by atoms with Gasteiger partial charge in [-0.3, -0.25) is 0 Å². The van der Waals surface area contributed by atoms with E-state index in [2.05, 4.69) is 0 Å². The zero-order chi connectivity index (χ0) is 13.1. The van der Waals surface area contributed by atoms with E-state index < -0.39 is 21.8 Å². The van der Waals surface area contributed by atoms with Crippen LogP contribution in [0.15, 0.2) is 29.2 Å². The predicted molar refractivity (Wildman–Crippen MR) is 60.1 cm³/mol. The third kappa shape index (κ3) is 5.42. The molecule has 17 heavy (non-hydrogen) atoms. The maximum Gasteiger partial charge on any atom is 0.416 e. The maximum absolute atomic E-state index is 12.2. The Morgan fingerprint density at radius 1 is 1.18 bits per heavy atom. The van der Waals surface area contributed by atoms with Crippen LogP contribution in [0.4, 0.5) is 13.2 Å². The number of alkyl halides is 3. The van der Waals surface area contributed by atoms with Crippen molar-refractivity contribution in [2.75, 3.05) is 11.5 Å². The van der Waals surface area contributed by atoms with Gasteiger partial charge in [0.25, 0.3) is 0 Å². The van der Waals surface area contributed by atoms with Gasteiger partial charge < -0.3 is 0 Å².